The molecule has 1 heterocycles. The Morgan fingerprint density at radius 3 is 2.59 bits per heavy atom. The van der Waals surface area contributed by atoms with Crippen LogP contribution in [0.2, 0.25) is 0 Å². The van der Waals surface area contributed by atoms with Crippen molar-refractivity contribution in [1.82, 2.24) is 10.2 Å². The number of aromatic nitrogens is 2. The van der Waals surface area contributed by atoms with E-state index in [1.54, 1.807) is 30.5 Å². The molecule has 0 spiro atoms. The predicted molar refractivity (Wildman–Crippen MR) is 66.0 cm³/mol. The van der Waals surface area contributed by atoms with Crippen LogP contribution in [-0.4, -0.2) is 16.1 Å². The Kier molecular flexibility index (Phi) is 3.67. The maximum atomic E-state index is 11.8. The molecule has 2 aromatic rings. The van der Waals surface area contributed by atoms with E-state index in [1.807, 2.05) is 12.1 Å². The predicted octanol–water partition coefficient (Wildman–Crippen LogP) is 2.47. The fourth-order valence-corrected chi connectivity index (χ4v) is 1.48. The van der Waals surface area contributed by atoms with Gasteiger partial charge in [-0.3, -0.25) is 4.79 Å². The van der Waals surface area contributed by atoms with Gasteiger partial charge in [0.15, 0.2) is 5.82 Å². The molecule has 1 N–H and O–H groups in total. The highest BCUT2D eigenvalue weighted by Gasteiger charge is 2.06. The van der Waals surface area contributed by atoms with Crippen molar-refractivity contribution in [3.63, 3.8) is 0 Å². The Morgan fingerprint density at radius 2 is 2.00 bits per heavy atom. The van der Waals surface area contributed by atoms with Gasteiger partial charge in [-0.1, -0.05) is 12.1 Å². The Bertz CT molecular complexity index is 499. The van der Waals surface area contributed by atoms with Crippen molar-refractivity contribution in [3.05, 3.63) is 53.7 Å². The zero-order valence-corrected chi connectivity index (χ0v) is 9.69. The molecule has 0 bridgehead atoms. The zero-order valence-electron chi connectivity index (χ0n) is 8.93. The Labute approximate surface area is 104 Å². The summed E-state index contributed by atoms with van der Waals surface area (Å²) in [4.78, 5) is 11.8. The van der Waals surface area contributed by atoms with Crippen molar-refractivity contribution in [2.24, 2.45) is 0 Å². The first-order chi connectivity index (χ1) is 8.29. The maximum absolute atomic E-state index is 11.8. The second-order valence-corrected chi connectivity index (χ2v) is 3.66. The molecule has 0 radical (unpaired) electrons. The van der Waals surface area contributed by atoms with Crippen LogP contribution in [0.25, 0.3) is 0 Å². The van der Waals surface area contributed by atoms with Gasteiger partial charge in [0.25, 0.3) is 5.91 Å². The van der Waals surface area contributed by atoms with E-state index in [9.17, 15) is 4.79 Å². The van der Waals surface area contributed by atoms with Crippen molar-refractivity contribution in [3.8, 4) is 0 Å². The van der Waals surface area contributed by atoms with Crippen molar-refractivity contribution in [1.29, 1.82) is 0 Å². The molecule has 0 aliphatic carbocycles. The first-order valence-corrected chi connectivity index (χ1v) is 5.57. The summed E-state index contributed by atoms with van der Waals surface area (Å²) in [7, 11) is 0. The van der Waals surface area contributed by atoms with Crippen LogP contribution in [0.15, 0.2) is 42.6 Å². The summed E-state index contributed by atoms with van der Waals surface area (Å²) in [5, 5.41) is 10.1. The van der Waals surface area contributed by atoms with Crippen LogP contribution in [0.4, 0.5) is 5.82 Å². The minimum Gasteiger partial charge on any atom is -0.305 e. The summed E-state index contributed by atoms with van der Waals surface area (Å²) in [6.45, 7) is 0. The third-order valence-electron chi connectivity index (χ3n) is 2.18. The minimum absolute atomic E-state index is 0.216. The monoisotopic (exact) mass is 247 g/mol. The summed E-state index contributed by atoms with van der Waals surface area (Å²) < 4.78 is 0. The summed E-state index contributed by atoms with van der Waals surface area (Å²) in [6, 6.07) is 10.5. The molecule has 1 aromatic carbocycles. The van der Waals surface area contributed by atoms with Crippen molar-refractivity contribution < 1.29 is 4.79 Å². The van der Waals surface area contributed by atoms with Gasteiger partial charge in [0.05, 0.1) is 0 Å². The number of carbonyl (C=O) groups excluding carboxylic acids is 1. The normalized spacial score (nSPS) is 9.94. The molecule has 0 unspecified atom stereocenters. The van der Waals surface area contributed by atoms with Gasteiger partial charge in [-0.2, -0.15) is 5.10 Å². The molecule has 2 rings (SSSR count). The number of nitrogens with one attached hydrogen (secondary N) is 1. The van der Waals surface area contributed by atoms with Crippen LogP contribution in [0.5, 0.6) is 0 Å². The number of hydrogen-bond acceptors (Lipinski definition) is 3. The molecule has 0 fully saturated rings. The van der Waals surface area contributed by atoms with E-state index in [-0.39, 0.29) is 5.91 Å². The average molecular weight is 248 g/mol. The van der Waals surface area contributed by atoms with Gasteiger partial charge in [0, 0.05) is 17.6 Å². The maximum Gasteiger partial charge on any atom is 0.256 e. The largest absolute Gasteiger partial charge is 0.305 e. The summed E-state index contributed by atoms with van der Waals surface area (Å²) in [6.07, 6.45) is 1.55. The number of anilines is 1. The lowest BCUT2D eigenvalue weighted by atomic mass is 10.1. The standard InChI is InChI=1S/C12H10ClN3O/c13-8-9-3-5-10(6-4-9)12(17)15-11-2-1-7-14-16-11/h1-7H,8H2,(H,15,16,17). The van der Waals surface area contributed by atoms with E-state index in [2.05, 4.69) is 15.5 Å². The molecule has 17 heavy (non-hydrogen) atoms. The van der Waals surface area contributed by atoms with E-state index in [0.29, 0.717) is 17.3 Å². The van der Waals surface area contributed by atoms with Crippen LogP contribution in [0.1, 0.15) is 15.9 Å². The van der Waals surface area contributed by atoms with E-state index in [0.717, 1.165) is 5.56 Å². The molecule has 0 aliphatic heterocycles. The van der Waals surface area contributed by atoms with Gasteiger partial charge in [-0.15, -0.1) is 16.7 Å². The number of rotatable bonds is 3. The van der Waals surface area contributed by atoms with Crippen LogP contribution in [0.3, 0.4) is 0 Å². The zero-order chi connectivity index (χ0) is 12.1. The highest BCUT2D eigenvalue weighted by molar-refractivity contribution is 6.17. The number of benzene rings is 1. The van der Waals surface area contributed by atoms with Gasteiger partial charge in [-0.05, 0) is 29.8 Å². The van der Waals surface area contributed by atoms with E-state index >= 15 is 0 Å². The van der Waals surface area contributed by atoms with Crippen LogP contribution in [-0.2, 0) is 5.88 Å². The SMILES string of the molecule is O=C(Nc1cccnn1)c1ccc(CCl)cc1. The van der Waals surface area contributed by atoms with Gasteiger partial charge < -0.3 is 5.32 Å². The van der Waals surface area contributed by atoms with E-state index in [1.165, 1.54) is 0 Å². The summed E-state index contributed by atoms with van der Waals surface area (Å²) in [5.74, 6) is 0.650. The van der Waals surface area contributed by atoms with Gasteiger partial charge in [0.2, 0.25) is 0 Å². The summed E-state index contributed by atoms with van der Waals surface area (Å²) >= 11 is 5.67. The molecular weight excluding hydrogens is 238 g/mol. The second kappa shape index (κ2) is 5.41. The number of halogens is 1. The smallest absolute Gasteiger partial charge is 0.256 e. The number of hydrogen-bond donors (Lipinski definition) is 1. The highest BCUT2D eigenvalue weighted by atomic mass is 35.5. The molecule has 4 nitrogen and oxygen atoms in total. The molecular formula is C12H10ClN3O. The number of alkyl halides is 1. The molecule has 86 valence electrons. The van der Waals surface area contributed by atoms with Crippen LogP contribution < -0.4 is 5.32 Å². The molecule has 1 amide bonds. The average Bonchev–Trinajstić information content (AvgIpc) is 2.40. The lowest BCUT2D eigenvalue weighted by Crippen LogP contribution is -2.13. The second-order valence-electron chi connectivity index (χ2n) is 3.39. The molecule has 5 heteroatoms. The van der Waals surface area contributed by atoms with Crippen molar-refractivity contribution >= 4 is 23.3 Å². The first-order valence-electron chi connectivity index (χ1n) is 5.03. The van der Waals surface area contributed by atoms with Gasteiger partial charge >= 0.3 is 0 Å². The van der Waals surface area contributed by atoms with Crippen LogP contribution >= 0.6 is 11.6 Å². The summed E-state index contributed by atoms with van der Waals surface area (Å²) in [5.41, 5.74) is 1.53. The molecule has 0 atom stereocenters. The Morgan fingerprint density at radius 1 is 1.24 bits per heavy atom. The highest BCUT2D eigenvalue weighted by Crippen LogP contribution is 2.09. The topological polar surface area (TPSA) is 54.9 Å². The number of nitrogens with zero attached hydrogens (tertiary/aromatic N) is 2. The van der Waals surface area contributed by atoms with Crippen LogP contribution in [0, 0.1) is 0 Å². The fourth-order valence-electron chi connectivity index (χ4n) is 1.30. The first kappa shape index (κ1) is 11.5. The fraction of sp³-hybridized carbons (Fsp3) is 0.0833. The third kappa shape index (κ3) is 3.01. The van der Waals surface area contributed by atoms with Crippen molar-refractivity contribution in [2.45, 2.75) is 5.88 Å². The number of amides is 1. The Balaban J connectivity index is 2.09. The van der Waals surface area contributed by atoms with E-state index in [4.69, 9.17) is 11.6 Å². The van der Waals surface area contributed by atoms with Gasteiger partial charge in [0.1, 0.15) is 0 Å². The molecule has 0 aliphatic rings. The van der Waals surface area contributed by atoms with Gasteiger partial charge in [-0.25, -0.2) is 0 Å². The lowest BCUT2D eigenvalue weighted by Gasteiger charge is -2.03. The molecule has 0 saturated carbocycles. The third-order valence-corrected chi connectivity index (χ3v) is 2.49. The molecule has 1 aromatic heterocycles. The lowest BCUT2D eigenvalue weighted by molar-refractivity contribution is 0.102. The van der Waals surface area contributed by atoms with Crippen molar-refractivity contribution in [2.75, 3.05) is 5.32 Å². The molecule has 0 saturated heterocycles. The van der Waals surface area contributed by atoms with E-state index < -0.39 is 0 Å². The minimum atomic E-state index is -0.216. The number of carbonyl (C=O) groups is 1. The Hall–Kier alpha value is -1.94. The quantitative estimate of drug-likeness (QED) is 0.848.